The van der Waals surface area contributed by atoms with Crippen LogP contribution < -0.4 is 10.2 Å². The number of nitrogens with one attached hydrogen (secondary N) is 1. The Morgan fingerprint density at radius 3 is 2.62 bits per heavy atom. The molecule has 0 radical (unpaired) electrons. The molecule has 0 atom stereocenters. The van der Waals surface area contributed by atoms with Gasteiger partial charge in [0.15, 0.2) is 0 Å². The summed E-state index contributed by atoms with van der Waals surface area (Å²) in [7, 11) is 2.14. The van der Waals surface area contributed by atoms with Gasteiger partial charge in [0, 0.05) is 26.2 Å². The van der Waals surface area contributed by atoms with E-state index in [0.29, 0.717) is 11.9 Å². The van der Waals surface area contributed by atoms with Crippen molar-refractivity contribution in [2.75, 3.05) is 43.4 Å². The highest BCUT2D eigenvalue weighted by Gasteiger charge is 2.15. The molecule has 1 N–H and O–H groups in total. The second-order valence-corrected chi connectivity index (χ2v) is 7.12. The van der Waals surface area contributed by atoms with Crippen molar-refractivity contribution >= 4 is 23.5 Å². The van der Waals surface area contributed by atoms with Gasteiger partial charge in [-0.1, -0.05) is 30.3 Å². The molecule has 0 aliphatic carbocycles. The molecule has 2 aromatic rings. The number of halogens is 1. The number of piperidine rings is 1. The van der Waals surface area contributed by atoms with Gasteiger partial charge in [0.1, 0.15) is 0 Å². The normalized spacial score (nSPS) is 14.7. The van der Waals surface area contributed by atoms with Gasteiger partial charge in [-0.3, -0.25) is 0 Å². The van der Waals surface area contributed by atoms with Crippen molar-refractivity contribution in [3.05, 3.63) is 41.2 Å². The highest BCUT2D eigenvalue weighted by Crippen LogP contribution is 2.18. The summed E-state index contributed by atoms with van der Waals surface area (Å²) in [6.07, 6.45) is 4.64. The van der Waals surface area contributed by atoms with Crippen LogP contribution in [-0.4, -0.2) is 53.1 Å². The van der Waals surface area contributed by atoms with Gasteiger partial charge in [-0.25, -0.2) is 0 Å². The van der Waals surface area contributed by atoms with Gasteiger partial charge in [0.25, 0.3) is 0 Å². The summed E-state index contributed by atoms with van der Waals surface area (Å²) in [5.41, 5.74) is 1.33. The average Bonchev–Trinajstić information content (AvgIpc) is 2.66. The van der Waals surface area contributed by atoms with Gasteiger partial charge in [0.05, 0.1) is 0 Å². The Morgan fingerprint density at radius 2 is 1.85 bits per heavy atom. The first-order valence-electron chi connectivity index (χ1n) is 9.33. The second-order valence-electron chi connectivity index (χ2n) is 6.78. The molecule has 140 valence electrons. The van der Waals surface area contributed by atoms with Crippen molar-refractivity contribution in [2.45, 2.75) is 32.2 Å². The third kappa shape index (κ3) is 5.81. The van der Waals surface area contributed by atoms with Gasteiger partial charge < -0.3 is 15.1 Å². The molecule has 6 nitrogen and oxygen atoms in total. The molecule has 1 aromatic carbocycles. The molecule has 3 rings (SSSR count). The first-order chi connectivity index (χ1) is 12.7. The van der Waals surface area contributed by atoms with E-state index in [1.807, 2.05) is 6.07 Å². The third-order valence-corrected chi connectivity index (χ3v) is 4.70. The zero-order valence-corrected chi connectivity index (χ0v) is 16.1. The van der Waals surface area contributed by atoms with Crippen molar-refractivity contribution in [3.63, 3.8) is 0 Å². The number of hydrogen-bond donors (Lipinski definition) is 1. The number of anilines is 2. The van der Waals surface area contributed by atoms with Gasteiger partial charge in [-0.05, 0) is 56.4 Å². The molecule has 7 heteroatoms. The molecule has 0 bridgehead atoms. The lowest BCUT2D eigenvalue weighted by atomic mass is 10.1. The first kappa shape index (κ1) is 18.9. The van der Waals surface area contributed by atoms with E-state index >= 15 is 0 Å². The maximum Gasteiger partial charge on any atom is 0.231 e. The summed E-state index contributed by atoms with van der Waals surface area (Å²) in [6.45, 7) is 4.74. The van der Waals surface area contributed by atoms with Crippen LogP contribution in [0.1, 0.15) is 31.2 Å². The Labute approximate surface area is 160 Å². The minimum absolute atomic E-state index is 0.254. The van der Waals surface area contributed by atoms with E-state index in [0.717, 1.165) is 39.1 Å². The number of rotatable bonds is 8. The van der Waals surface area contributed by atoms with Crippen LogP contribution in [-0.2, 0) is 6.54 Å². The Kier molecular flexibility index (Phi) is 7.03. The van der Waals surface area contributed by atoms with E-state index in [-0.39, 0.29) is 5.28 Å². The van der Waals surface area contributed by atoms with Gasteiger partial charge >= 0.3 is 0 Å². The van der Waals surface area contributed by atoms with Crippen molar-refractivity contribution in [1.82, 2.24) is 19.9 Å². The summed E-state index contributed by atoms with van der Waals surface area (Å²) >= 11 is 6.09. The fourth-order valence-electron chi connectivity index (χ4n) is 3.18. The molecule has 1 aromatic heterocycles. The fraction of sp³-hybridized carbons (Fsp3) is 0.526. The number of benzene rings is 1. The molecule has 0 saturated carbocycles. The third-order valence-electron chi connectivity index (χ3n) is 4.53. The van der Waals surface area contributed by atoms with E-state index in [1.54, 1.807) is 0 Å². The van der Waals surface area contributed by atoms with Crippen LogP contribution in [0.15, 0.2) is 30.3 Å². The maximum absolute atomic E-state index is 6.09. The van der Waals surface area contributed by atoms with E-state index in [4.69, 9.17) is 11.6 Å². The largest absolute Gasteiger partial charge is 0.354 e. The summed E-state index contributed by atoms with van der Waals surface area (Å²) in [5.74, 6) is 1.25. The number of aromatic nitrogens is 3. The van der Waals surface area contributed by atoms with Crippen molar-refractivity contribution < 1.29 is 0 Å². The fourth-order valence-corrected chi connectivity index (χ4v) is 3.33. The SMILES string of the molecule is CN(CCCNc1nc(Cl)nc(N2CCCCC2)n1)Cc1ccccc1. The topological polar surface area (TPSA) is 57.2 Å². The molecule has 0 unspecified atom stereocenters. The van der Waals surface area contributed by atoms with Crippen molar-refractivity contribution in [3.8, 4) is 0 Å². The summed E-state index contributed by atoms with van der Waals surface area (Å²) < 4.78 is 0. The number of hydrogen-bond acceptors (Lipinski definition) is 6. The van der Waals surface area contributed by atoms with Crippen LogP contribution in [0.3, 0.4) is 0 Å². The minimum atomic E-state index is 0.254. The minimum Gasteiger partial charge on any atom is -0.354 e. The van der Waals surface area contributed by atoms with E-state index in [1.165, 1.54) is 24.8 Å². The highest BCUT2D eigenvalue weighted by molar-refractivity contribution is 6.28. The Bertz CT molecular complexity index is 675. The Hall–Kier alpha value is -1.92. The van der Waals surface area contributed by atoms with E-state index in [9.17, 15) is 0 Å². The molecule has 26 heavy (non-hydrogen) atoms. The highest BCUT2D eigenvalue weighted by atomic mass is 35.5. The lowest BCUT2D eigenvalue weighted by molar-refractivity contribution is 0.325. The molecule has 1 fully saturated rings. The predicted octanol–water partition coefficient (Wildman–Crippen LogP) is 3.45. The monoisotopic (exact) mass is 374 g/mol. The van der Waals surface area contributed by atoms with Crippen molar-refractivity contribution in [1.29, 1.82) is 0 Å². The summed E-state index contributed by atoms with van der Waals surface area (Å²) in [6, 6.07) is 10.5. The molecular formula is C19H27ClN6. The lowest BCUT2D eigenvalue weighted by Crippen LogP contribution is -2.31. The molecule has 1 saturated heterocycles. The van der Waals surface area contributed by atoms with Crippen LogP contribution >= 0.6 is 11.6 Å². The van der Waals surface area contributed by atoms with E-state index in [2.05, 4.69) is 61.4 Å². The van der Waals surface area contributed by atoms with Gasteiger partial charge in [0.2, 0.25) is 17.2 Å². The van der Waals surface area contributed by atoms with Crippen LogP contribution in [0.25, 0.3) is 0 Å². The first-order valence-corrected chi connectivity index (χ1v) is 9.71. The average molecular weight is 375 g/mol. The van der Waals surface area contributed by atoms with Crippen LogP contribution in [0, 0.1) is 0 Å². The predicted molar refractivity (Wildman–Crippen MR) is 107 cm³/mol. The zero-order chi connectivity index (χ0) is 18.2. The quantitative estimate of drug-likeness (QED) is 0.714. The molecular weight excluding hydrogens is 348 g/mol. The molecule has 2 heterocycles. The second kappa shape index (κ2) is 9.69. The van der Waals surface area contributed by atoms with Crippen LogP contribution in [0.2, 0.25) is 5.28 Å². The molecule has 1 aliphatic rings. The van der Waals surface area contributed by atoms with Gasteiger partial charge in [-0.2, -0.15) is 15.0 Å². The van der Waals surface area contributed by atoms with Crippen LogP contribution in [0.4, 0.5) is 11.9 Å². The molecule has 0 amide bonds. The molecule has 1 aliphatic heterocycles. The summed E-state index contributed by atoms with van der Waals surface area (Å²) in [4.78, 5) is 17.5. The summed E-state index contributed by atoms with van der Waals surface area (Å²) in [5, 5.41) is 3.54. The van der Waals surface area contributed by atoms with Crippen molar-refractivity contribution in [2.24, 2.45) is 0 Å². The number of nitrogens with zero attached hydrogens (tertiary/aromatic N) is 5. The lowest BCUT2D eigenvalue weighted by Gasteiger charge is -2.26. The zero-order valence-electron chi connectivity index (χ0n) is 15.4. The van der Waals surface area contributed by atoms with Gasteiger partial charge in [-0.15, -0.1) is 0 Å². The maximum atomic E-state index is 6.09. The standard InChI is InChI=1S/C19H27ClN6/c1-25(15-16-9-4-2-5-10-16)12-8-11-21-18-22-17(20)23-19(24-18)26-13-6-3-7-14-26/h2,4-5,9-10H,3,6-8,11-15H2,1H3,(H,21,22,23,24). The van der Waals surface area contributed by atoms with E-state index < -0.39 is 0 Å². The Balaban J connectivity index is 1.45. The molecule has 0 spiro atoms. The Morgan fingerprint density at radius 1 is 1.08 bits per heavy atom. The smallest absolute Gasteiger partial charge is 0.231 e. The van der Waals surface area contributed by atoms with Crippen LogP contribution in [0.5, 0.6) is 0 Å².